The average Bonchev–Trinajstić information content (AvgIpc) is 3.07. The lowest BCUT2D eigenvalue weighted by Crippen LogP contribution is -2.49. The van der Waals surface area contributed by atoms with E-state index in [0.717, 1.165) is 75.8 Å². The fourth-order valence-corrected chi connectivity index (χ4v) is 4.73. The molecule has 1 aromatic rings. The lowest BCUT2D eigenvalue weighted by molar-refractivity contribution is -0.126. The molecular weight excluding hydrogens is 336 g/mol. The summed E-state index contributed by atoms with van der Waals surface area (Å²) in [6.45, 7) is 7.31. The first kappa shape index (κ1) is 18.6. The SMILES string of the molecule is COCC1(CNC(=O)C2CCN(c3nc(C)cs3)CC2)CCNCC1. The molecule has 0 saturated carbocycles. The Kier molecular flexibility index (Phi) is 6.30. The van der Waals surface area contributed by atoms with Gasteiger partial charge in [-0.15, -0.1) is 11.3 Å². The molecule has 6 nitrogen and oxygen atoms in total. The lowest BCUT2D eigenvalue weighted by atomic mass is 9.79. The minimum atomic E-state index is 0.0920. The Morgan fingerprint density at radius 2 is 2.16 bits per heavy atom. The lowest BCUT2D eigenvalue weighted by Gasteiger charge is -2.38. The number of hydrogen-bond donors (Lipinski definition) is 2. The summed E-state index contributed by atoms with van der Waals surface area (Å²) in [5.41, 5.74) is 1.17. The Labute approximate surface area is 154 Å². The van der Waals surface area contributed by atoms with E-state index in [1.807, 2.05) is 6.92 Å². The molecule has 3 rings (SSSR count). The number of rotatable bonds is 6. The number of amides is 1. The summed E-state index contributed by atoms with van der Waals surface area (Å²) in [7, 11) is 1.75. The molecule has 1 aromatic heterocycles. The highest BCUT2D eigenvalue weighted by Crippen LogP contribution is 2.29. The monoisotopic (exact) mass is 366 g/mol. The highest BCUT2D eigenvalue weighted by molar-refractivity contribution is 7.13. The topological polar surface area (TPSA) is 66.5 Å². The fourth-order valence-electron chi connectivity index (χ4n) is 3.87. The van der Waals surface area contributed by atoms with E-state index >= 15 is 0 Å². The summed E-state index contributed by atoms with van der Waals surface area (Å²) in [5.74, 6) is 0.336. The molecular formula is C18H30N4O2S. The molecule has 2 saturated heterocycles. The molecule has 0 radical (unpaired) electrons. The first-order valence-electron chi connectivity index (χ1n) is 9.26. The number of methoxy groups -OCH3 is 1. The number of thiazole rings is 1. The summed E-state index contributed by atoms with van der Waals surface area (Å²) in [4.78, 5) is 19.5. The maximum atomic E-state index is 12.6. The summed E-state index contributed by atoms with van der Waals surface area (Å²) in [5, 5.41) is 9.79. The molecule has 0 aliphatic carbocycles. The summed E-state index contributed by atoms with van der Waals surface area (Å²) in [6.07, 6.45) is 3.93. The van der Waals surface area contributed by atoms with Crippen LogP contribution in [-0.2, 0) is 9.53 Å². The number of aryl methyl sites for hydroxylation is 1. The van der Waals surface area contributed by atoms with Crippen molar-refractivity contribution in [2.75, 3.05) is 51.3 Å². The van der Waals surface area contributed by atoms with Crippen molar-refractivity contribution < 1.29 is 9.53 Å². The number of carbonyl (C=O) groups is 1. The van der Waals surface area contributed by atoms with Gasteiger partial charge in [-0.25, -0.2) is 4.98 Å². The number of piperidine rings is 2. The van der Waals surface area contributed by atoms with Gasteiger partial charge in [-0.1, -0.05) is 0 Å². The molecule has 0 aromatic carbocycles. The molecule has 140 valence electrons. The van der Waals surface area contributed by atoms with Gasteiger partial charge < -0.3 is 20.3 Å². The zero-order valence-electron chi connectivity index (χ0n) is 15.3. The third kappa shape index (κ3) is 4.71. The summed E-state index contributed by atoms with van der Waals surface area (Å²) < 4.78 is 5.44. The summed E-state index contributed by atoms with van der Waals surface area (Å²) in [6, 6.07) is 0. The van der Waals surface area contributed by atoms with Crippen LogP contribution in [0, 0.1) is 18.3 Å². The zero-order chi connectivity index (χ0) is 17.7. The molecule has 2 N–H and O–H groups in total. The molecule has 0 spiro atoms. The van der Waals surface area contributed by atoms with E-state index in [1.54, 1.807) is 18.4 Å². The summed E-state index contributed by atoms with van der Waals surface area (Å²) >= 11 is 1.69. The van der Waals surface area contributed by atoms with Crippen molar-refractivity contribution in [1.29, 1.82) is 0 Å². The second kappa shape index (κ2) is 8.47. The number of nitrogens with zero attached hydrogens (tertiary/aromatic N) is 2. The molecule has 0 atom stereocenters. The molecule has 25 heavy (non-hydrogen) atoms. The van der Waals surface area contributed by atoms with E-state index in [4.69, 9.17) is 4.74 Å². The molecule has 0 unspecified atom stereocenters. The van der Waals surface area contributed by atoms with Crippen molar-refractivity contribution >= 4 is 22.4 Å². The van der Waals surface area contributed by atoms with Gasteiger partial charge in [0, 0.05) is 43.5 Å². The number of aromatic nitrogens is 1. The Balaban J connectivity index is 1.47. The third-order valence-electron chi connectivity index (χ3n) is 5.50. The molecule has 2 fully saturated rings. The van der Waals surface area contributed by atoms with E-state index in [9.17, 15) is 4.79 Å². The number of nitrogens with one attached hydrogen (secondary N) is 2. The van der Waals surface area contributed by atoms with Crippen LogP contribution < -0.4 is 15.5 Å². The van der Waals surface area contributed by atoms with Crippen molar-refractivity contribution in [3.8, 4) is 0 Å². The second-order valence-corrected chi connectivity index (χ2v) is 8.27. The van der Waals surface area contributed by atoms with Gasteiger partial charge in [0.15, 0.2) is 5.13 Å². The predicted octanol–water partition coefficient (Wildman–Crippen LogP) is 1.80. The number of carbonyl (C=O) groups excluding carboxylic acids is 1. The maximum absolute atomic E-state index is 12.6. The number of hydrogen-bond acceptors (Lipinski definition) is 6. The van der Waals surface area contributed by atoms with Gasteiger partial charge in [-0.2, -0.15) is 0 Å². The van der Waals surface area contributed by atoms with E-state index in [1.165, 1.54) is 0 Å². The van der Waals surface area contributed by atoms with Gasteiger partial charge in [-0.3, -0.25) is 4.79 Å². The van der Waals surface area contributed by atoms with Crippen LogP contribution in [-0.4, -0.2) is 57.3 Å². The van der Waals surface area contributed by atoms with Crippen LogP contribution in [0.5, 0.6) is 0 Å². The van der Waals surface area contributed by atoms with Crippen LogP contribution in [0.25, 0.3) is 0 Å². The highest BCUT2D eigenvalue weighted by Gasteiger charge is 2.34. The first-order valence-corrected chi connectivity index (χ1v) is 10.1. The number of anilines is 1. The number of ether oxygens (including phenoxy) is 1. The predicted molar refractivity (Wildman–Crippen MR) is 101 cm³/mol. The van der Waals surface area contributed by atoms with Crippen LogP contribution in [0.3, 0.4) is 0 Å². The zero-order valence-corrected chi connectivity index (χ0v) is 16.2. The van der Waals surface area contributed by atoms with Gasteiger partial charge in [0.05, 0.1) is 12.3 Å². The van der Waals surface area contributed by atoms with Gasteiger partial charge in [0.1, 0.15) is 0 Å². The van der Waals surface area contributed by atoms with Crippen molar-refractivity contribution in [2.45, 2.75) is 32.6 Å². The third-order valence-corrected chi connectivity index (χ3v) is 6.51. The minimum Gasteiger partial charge on any atom is -0.384 e. The van der Waals surface area contributed by atoms with Crippen LogP contribution in [0.15, 0.2) is 5.38 Å². The van der Waals surface area contributed by atoms with Crippen molar-refractivity contribution in [2.24, 2.45) is 11.3 Å². The molecule has 2 aliphatic heterocycles. The maximum Gasteiger partial charge on any atom is 0.223 e. The van der Waals surface area contributed by atoms with Crippen molar-refractivity contribution in [1.82, 2.24) is 15.6 Å². The minimum absolute atomic E-state index is 0.0920. The first-order chi connectivity index (χ1) is 12.1. The Morgan fingerprint density at radius 3 is 2.76 bits per heavy atom. The van der Waals surface area contributed by atoms with Crippen molar-refractivity contribution in [3.05, 3.63) is 11.1 Å². The Bertz CT molecular complexity index is 558. The molecule has 1 amide bonds. The smallest absolute Gasteiger partial charge is 0.223 e. The standard InChI is InChI=1S/C18H30N4O2S/c1-14-11-25-17(21-14)22-9-3-15(4-10-22)16(23)20-12-18(13-24-2)5-7-19-8-6-18/h11,15,19H,3-10,12-13H2,1-2H3,(H,20,23). The van der Waals surface area contributed by atoms with Gasteiger partial charge >= 0.3 is 0 Å². The van der Waals surface area contributed by atoms with E-state index in [2.05, 4.69) is 25.9 Å². The average molecular weight is 367 g/mol. The van der Waals surface area contributed by atoms with Gasteiger partial charge in [0.2, 0.25) is 5.91 Å². The van der Waals surface area contributed by atoms with Gasteiger partial charge in [-0.05, 0) is 45.7 Å². The Hall–Kier alpha value is -1.18. The van der Waals surface area contributed by atoms with Crippen LogP contribution >= 0.6 is 11.3 Å². The van der Waals surface area contributed by atoms with Crippen LogP contribution in [0.4, 0.5) is 5.13 Å². The second-order valence-electron chi connectivity index (χ2n) is 7.43. The highest BCUT2D eigenvalue weighted by atomic mass is 32.1. The van der Waals surface area contributed by atoms with E-state index < -0.39 is 0 Å². The molecule has 2 aliphatic rings. The molecule has 3 heterocycles. The fraction of sp³-hybridized carbons (Fsp3) is 0.778. The van der Waals surface area contributed by atoms with E-state index in [0.29, 0.717) is 0 Å². The molecule has 7 heteroatoms. The normalized spacial score (nSPS) is 21.3. The largest absolute Gasteiger partial charge is 0.384 e. The van der Waals surface area contributed by atoms with Crippen LogP contribution in [0.1, 0.15) is 31.4 Å². The van der Waals surface area contributed by atoms with Crippen molar-refractivity contribution in [3.63, 3.8) is 0 Å². The molecule has 0 bridgehead atoms. The van der Waals surface area contributed by atoms with Crippen LogP contribution in [0.2, 0.25) is 0 Å². The Morgan fingerprint density at radius 1 is 1.44 bits per heavy atom. The van der Waals surface area contributed by atoms with Gasteiger partial charge in [0.25, 0.3) is 0 Å². The van der Waals surface area contributed by atoms with E-state index in [-0.39, 0.29) is 17.2 Å². The quantitative estimate of drug-likeness (QED) is 0.804.